The fourth-order valence-corrected chi connectivity index (χ4v) is 1.70. The lowest BCUT2D eigenvalue weighted by molar-refractivity contribution is 0.0750. The smallest absolute Gasteiger partial charge is 0.255 e. The second-order valence-electron chi connectivity index (χ2n) is 4.01. The van der Waals surface area contributed by atoms with E-state index in [4.69, 9.17) is 0 Å². The van der Waals surface area contributed by atoms with E-state index in [1.54, 1.807) is 11.1 Å². The molecule has 0 bridgehead atoms. The van der Waals surface area contributed by atoms with Crippen LogP contribution in [-0.4, -0.2) is 27.3 Å². The normalized spacial score (nSPS) is 10.2. The van der Waals surface area contributed by atoms with Gasteiger partial charge in [0.25, 0.3) is 5.91 Å². The molecule has 2 aromatic rings. The summed E-state index contributed by atoms with van der Waals surface area (Å²) in [6.07, 6.45) is 2.94. The van der Waals surface area contributed by atoms with Crippen molar-refractivity contribution in [2.24, 2.45) is 0 Å². The highest BCUT2D eigenvalue weighted by atomic mass is 19.1. The number of nitrogens with zero attached hydrogens (tertiary/aromatic N) is 3. The fraction of sp³-hybridized carbons (Fsp3) is 0.214. The first-order valence-electron chi connectivity index (χ1n) is 6.01. The molecule has 0 aliphatic carbocycles. The highest BCUT2D eigenvalue weighted by Crippen LogP contribution is 2.08. The molecule has 0 unspecified atom stereocenters. The minimum atomic E-state index is -0.593. The van der Waals surface area contributed by atoms with E-state index in [0.29, 0.717) is 18.7 Å². The average molecular weight is 259 g/mol. The predicted octanol–water partition coefficient (Wildman–Crippen LogP) is 2.28. The highest BCUT2D eigenvalue weighted by molar-refractivity contribution is 5.93. The second-order valence-corrected chi connectivity index (χ2v) is 4.01. The summed E-state index contributed by atoms with van der Waals surface area (Å²) in [6.45, 7) is 2.86. The van der Waals surface area contributed by atoms with Crippen molar-refractivity contribution in [1.29, 1.82) is 0 Å². The van der Waals surface area contributed by atoms with Gasteiger partial charge in [-0.3, -0.25) is 9.78 Å². The van der Waals surface area contributed by atoms with Crippen molar-refractivity contribution in [2.75, 3.05) is 6.54 Å². The van der Waals surface area contributed by atoms with Gasteiger partial charge >= 0.3 is 0 Å². The van der Waals surface area contributed by atoms with Crippen molar-refractivity contribution in [1.82, 2.24) is 14.9 Å². The molecule has 0 aromatic carbocycles. The minimum Gasteiger partial charge on any atom is -0.333 e. The Labute approximate surface area is 110 Å². The van der Waals surface area contributed by atoms with Crippen LogP contribution in [0.1, 0.15) is 23.0 Å². The average Bonchev–Trinajstić information content (AvgIpc) is 2.46. The first-order valence-corrected chi connectivity index (χ1v) is 6.01. The molecule has 0 radical (unpaired) electrons. The molecule has 0 aliphatic heterocycles. The Kier molecular flexibility index (Phi) is 4.18. The molecular formula is C14H14FN3O. The van der Waals surface area contributed by atoms with E-state index in [0.717, 1.165) is 5.69 Å². The summed E-state index contributed by atoms with van der Waals surface area (Å²) >= 11 is 0. The standard InChI is InChI=1S/C14H14FN3O/c1-2-18(10-12-5-3-4-8-16-12)14(19)11-6-7-13(15)17-9-11/h3-9H,2,10H2,1H3. The van der Waals surface area contributed by atoms with Crippen LogP contribution < -0.4 is 0 Å². The zero-order valence-corrected chi connectivity index (χ0v) is 10.6. The van der Waals surface area contributed by atoms with Gasteiger partial charge in [-0.1, -0.05) is 6.07 Å². The lowest BCUT2D eigenvalue weighted by Crippen LogP contribution is -2.30. The Hall–Kier alpha value is -2.30. The molecule has 0 saturated carbocycles. The largest absolute Gasteiger partial charge is 0.333 e. The molecule has 0 spiro atoms. The number of carbonyl (C=O) groups is 1. The van der Waals surface area contributed by atoms with E-state index in [9.17, 15) is 9.18 Å². The van der Waals surface area contributed by atoms with Crippen LogP contribution in [0.15, 0.2) is 42.7 Å². The molecular weight excluding hydrogens is 245 g/mol. The number of halogens is 1. The minimum absolute atomic E-state index is 0.180. The van der Waals surface area contributed by atoms with Crippen molar-refractivity contribution in [3.05, 3.63) is 59.9 Å². The molecule has 5 heteroatoms. The number of hydrogen-bond donors (Lipinski definition) is 0. The number of pyridine rings is 2. The van der Waals surface area contributed by atoms with Crippen molar-refractivity contribution >= 4 is 5.91 Å². The van der Waals surface area contributed by atoms with Gasteiger partial charge in [0.15, 0.2) is 0 Å². The molecule has 98 valence electrons. The number of amides is 1. The number of hydrogen-bond acceptors (Lipinski definition) is 3. The Balaban J connectivity index is 2.13. The molecule has 2 aromatic heterocycles. The van der Waals surface area contributed by atoms with E-state index in [2.05, 4.69) is 9.97 Å². The van der Waals surface area contributed by atoms with Gasteiger partial charge in [-0.05, 0) is 31.2 Å². The highest BCUT2D eigenvalue weighted by Gasteiger charge is 2.15. The topological polar surface area (TPSA) is 46.1 Å². The summed E-state index contributed by atoms with van der Waals surface area (Å²) in [6, 6.07) is 8.18. The summed E-state index contributed by atoms with van der Waals surface area (Å²) in [5, 5.41) is 0. The van der Waals surface area contributed by atoms with Crippen molar-refractivity contribution in [3.63, 3.8) is 0 Å². The van der Waals surface area contributed by atoms with Gasteiger partial charge in [0, 0.05) is 18.9 Å². The lowest BCUT2D eigenvalue weighted by Gasteiger charge is -2.20. The van der Waals surface area contributed by atoms with Gasteiger partial charge in [0.1, 0.15) is 0 Å². The predicted molar refractivity (Wildman–Crippen MR) is 68.8 cm³/mol. The molecule has 0 atom stereocenters. The summed E-state index contributed by atoms with van der Waals surface area (Å²) in [5.41, 5.74) is 1.19. The molecule has 0 aliphatic rings. The van der Waals surface area contributed by atoms with Crippen LogP contribution in [0.4, 0.5) is 4.39 Å². The fourth-order valence-electron chi connectivity index (χ4n) is 1.70. The molecule has 4 nitrogen and oxygen atoms in total. The van der Waals surface area contributed by atoms with E-state index in [1.165, 1.54) is 18.3 Å². The van der Waals surface area contributed by atoms with E-state index in [-0.39, 0.29) is 5.91 Å². The Morgan fingerprint density at radius 3 is 2.68 bits per heavy atom. The Morgan fingerprint density at radius 2 is 2.11 bits per heavy atom. The number of rotatable bonds is 4. The lowest BCUT2D eigenvalue weighted by atomic mass is 10.2. The molecule has 1 amide bonds. The molecule has 2 heterocycles. The van der Waals surface area contributed by atoms with Crippen LogP contribution in [0.25, 0.3) is 0 Å². The molecule has 0 saturated heterocycles. The third-order valence-corrected chi connectivity index (χ3v) is 2.72. The van der Waals surface area contributed by atoms with Gasteiger partial charge in [0.2, 0.25) is 5.95 Å². The van der Waals surface area contributed by atoms with Crippen LogP contribution in [0.3, 0.4) is 0 Å². The van der Waals surface area contributed by atoms with E-state index >= 15 is 0 Å². The monoisotopic (exact) mass is 259 g/mol. The SMILES string of the molecule is CCN(Cc1ccccn1)C(=O)c1ccc(F)nc1. The maximum Gasteiger partial charge on any atom is 0.255 e. The van der Waals surface area contributed by atoms with E-state index in [1.807, 2.05) is 25.1 Å². The number of carbonyl (C=O) groups excluding carboxylic acids is 1. The van der Waals surface area contributed by atoms with Crippen LogP contribution in [0, 0.1) is 5.95 Å². The molecule has 19 heavy (non-hydrogen) atoms. The summed E-state index contributed by atoms with van der Waals surface area (Å²) in [5.74, 6) is -0.773. The summed E-state index contributed by atoms with van der Waals surface area (Å²) in [4.78, 5) is 21.5. The Bertz CT molecular complexity index is 542. The van der Waals surface area contributed by atoms with Gasteiger partial charge < -0.3 is 4.90 Å². The third-order valence-electron chi connectivity index (χ3n) is 2.72. The molecule has 0 fully saturated rings. The first-order chi connectivity index (χ1) is 9.20. The Morgan fingerprint density at radius 1 is 1.26 bits per heavy atom. The van der Waals surface area contributed by atoms with Crippen LogP contribution in [0.5, 0.6) is 0 Å². The van der Waals surface area contributed by atoms with Crippen LogP contribution >= 0.6 is 0 Å². The van der Waals surface area contributed by atoms with Crippen molar-refractivity contribution in [2.45, 2.75) is 13.5 Å². The van der Waals surface area contributed by atoms with Crippen LogP contribution in [0.2, 0.25) is 0 Å². The summed E-state index contributed by atoms with van der Waals surface area (Å²) < 4.78 is 12.7. The molecule has 0 N–H and O–H groups in total. The zero-order valence-electron chi connectivity index (χ0n) is 10.6. The third kappa shape index (κ3) is 3.34. The van der Waals surface area contributed by atoms with E-state index < -0.39 is 5.95 Å². The maximum atomic E-state index is 12.7. The number of aromatic nitrogens is 2. The van der Waals surface area contributed by atoms with Gasteiger partial charge in [-0.25, -0.2) is 4.98 Å². The van der Waals surface area contributed by atoms with Crippen LogP contribution in [-0.2, 0) is 6.54 Å². The van der Waals surface area contributed by atoms with Gasteiger partial charge in [0.05, 0.1) is 17.8 Å². The van der Waals surface area contributed by atoms with Crippen molar-refractivity contribution in [3.8, 4) is 0 Å². The first kappa shape index (κ1) is 13.1. The summed E-state index contributed by atoms with van der Waals surface area (Å²) in [7, 11) is 0. The quantitative estimate of drug-likeness (QED) is 0.791. The second kappa shape index (κ2) is 6.04. The van der Waals surface area contributed by atoms with Gasteiger partial charge in [-0.15, -0.1) is 0 Å². The maximum absolute atomic E-state index is 12.7. The van der Waals surface area contributed by atoms with Gasteiger partial charge in [-0.2, -0.15) is 4.39 Å². The molecule has 2 rings (SSSR count). The zero-order chi connectivity index (χ0) is 13.7. The van der Waals surface area contributed by atoms with Crippen molar-refractivity contribution < 1.29 is 9.18 Å².